The molecule has 4 aromatic carbocycles. The van der Waals surface area contributed by atoms with Crippen LogP contribution in [0.4, 0.5) is 0 Å². The van der Waals surface area contributed by atoms with Gasteiger partial charge in [0.05, 0.1) is 16.7 Å². The van der Waals surface area contributed by atoms with Gasteiger partial charge in [0, 0.05) is 49.8 Å². The molecule has 7 heteroatoms. The Morgan fingerprint density at radius 1 is 0.760 bits per heavy atom. The number of imidazole rings is 1. The van der Waals surface area contributed by atoms with E-state index in [9.17, 15) is 0 Å². The van der Waals surface area contributed by atoms with Crippen molar-refractivity contribution >= 4 is 32.8 Å². The molecular formula is C43H37N5OPt-2. The number of para-hydroxylation sites is 3. The molecule has 6 nitrogen and oxygen atoms in total. The second-order valence-electron chi connectivity index (χ2n) is 12.6. The van der Waals surface area contributed by atoms with Gasteiger partial charge in [-0.05, 0) is 77.7 Å². The topological polar surface area (TPSA) is 48.8 Å². The summed E-state index contributed by atoms with van der Waals surface area (Å²) in [5, 5.41) is 1.99. The Morgan fingerprint density at radius 2 is 1.52 bits per heavy atom. The van der Waals surface area contributed by atoms with E-state index in [1.807, 2.05) is 126 Å². The smallest absolute Gasteiger partial charge is 0.268 e. The van der Waals surface area contributed by atoms with Gasteiger partial charge in [-0.1, -0.05) is 99.6 Å². The SMILES string of the molecule is [2H]C([2H])(c1cccc(-[n+]2[c-]n(-c3[c-]c(Oc4[c-]c5c(cc4)c4ccccc4n5-c4cc(C([2H])([2H])C(C)C)ccn4)cnc3)c3ccccc32)c1)C(C)C.[Pt]. The summed E-state index contributed by atoms with van der Waals surface area (Å²) in [6.45, 7) is 7.53. The summed E-state index contributed by atoms with van der Waals surface area (Å²) >= 11 is 0. The van der Waals surface area contributed by atoms with Crippen molar-refractivity contribution in [3.63, 3.8) is 0 Å². The molecule has 0 amide bonds. The van der Waals surface area contributed by atoms with Crippen LogP contribution in [0.15, 0.2) is 116 Å². The van der Waals surface area contributed by atoms with Gasteiger partial charge in [0.25, 0.3) is 6.33 Å². The molecule has 0 saturated heterocycles. The summed E-state index contributed by atoms with van der Waals surface area (Å²) in [4.78, 5) is 9.18. The zero-order valence-corrected chi connectivity index (χ0v) is 30.4. The van der Waals surface area contributed by atoms with E-state index in [1.165, 1.54) is 0 Å². The Hall–Kier alpha value is -5.06. The van der Waals surface area contributed by atoms with E-state index in [1.54, 1.807) is 24.7 Å². The third-order valence-electron chi connectivity index (χ3n) is 8.21. The predicted octanol–water partition coefficient (Wildman–Crippen LogP) is 9.38. The van der Waals surface area contributed by atoms with Crippen LogP contribution >= 0.6 is 0 Å². The standard InChI is InChI=1S/C43H37N5O.Pt/c1-29(2)20-31-10-9-11-33(22-31)46-28-47(41-15-8-7-14-40(41)46)34-24-36(27-44-26-34)49-35-16-17-38-37-12-5-6-13-39(37)48(42(38)25-35)43-23-32(18-19-45-43)21-30(3)4;/h5-19,22-23,26-27,29-30H,20-21H2,1-4H3;/q-2;/i20D2,21D2;. The summed E-state index contributed by atoms with van der Waals surface area (Å²) < 4.78 is 46.9. The van der Waals surface area contributed by atoms with Crippen molar-refractivity contribution in [2.24, 2.45) is 11.8 Å². The molecule has 0 atom stereocenters. The van der Waals surface area contributed by atoms with Crippen molar-refractivity contribution in [1.29, 1.82) is 0 Å². The molecule has 0 unspecified atom stereocenters. The van der Waals surface area contributed by atoms with Gasteiger partial charge < -0.3 is 18.9 Å². The number of rotatable bonds is 9. The van der Waals surface area contributed by atoms with E-state index in [0.29, 0.717) is 34.1 Å². The van der Waals surface area contributed by atoms with E-state index in [-0.39, 0.29) is 32.9 Å². The zero-order chi connectivity index (χ0) is 37.1. The molecule has 0 saturated carbocycles. The third-order valence-corrected chi connectivity index (χ3v) is 8.21. The number of pyridine rings is 2. The van der Waals surface area contributed by atoms with Crippen LogP contribution in [0.2, 0.25) is 0 Å². The molecule has 0 N–H and O–H groups in total. The number of benzene rings is 4. The second-order valence-corrected chi connectivity index (χ2v) is 12.6. The van der Waals surface area contributed by atoms with Crippen LogP contribution in [-0.4, -0.2) is 19.1 Å². The fraction of sp³-hybridized carbons (Fsp3) is 0.186. The second kappa shape index (κ2) is 14.0. The molecule has 4 heterocycles. The predicted molar refractivity (Wildman–Crippen MR) is 195 cm³/mol. The molecule has 0 radical (unpaired) electrons. The molecule has 0 aliphatic heterocycles. The van der Waals surface area contributed by atoms with Gasteiger partial charge in [0.1, 0.15) is 5.82 Å². The number of ether oxygens (including phenoxy) is 1. The molecule has 0 aliphatic carbocycles. The molecule has 252 valence electrons. The molecule has 50 heavy (non-hydrogen) atoms. The fourth-order valence-corrected chi connectivity index (χ4v) is 6.28. The maximum absolute atomic E-state index is 8.72. The first-order valence-electron chi connectivity index (χ1n) is 18.5. The minimum absolute atomic E-state index is 0. The third kappa shape index (κ3) is 6.48. The normalized spacial score (nSPS) is 13.3. The zero-order valence-electron chi connectivity index (χ0n) is 32.1. The Kier molecular flexibility index (Phi) is 8.08. The Bertz CT molecular complexity index is 2650. The molecule has 0 aliphatic rings. The molecule has 8 rings (SSSR count). The number of hydrogen-bond acceptors (Lipinski definition) is 3. The fourth-order valence-electron chi connectivity index (χ4n) is 6.28. The van der Waals surface area contributed by atoms with Crippen molar-refractivity contribution in [2.45, 2.75) is 40.4 Å². The van der Waals surface area contributed by atoms with Crippen LogP contribution in [0.3, 0.4) is 0 Å². The number of aromatic nitrogens is 5. The minimum Gasteiger partial charge on any atom is -0.508 e. The van der Waals surface area contributed by atoms with E-state index in [2.05, 4.69) is 34.5 Å². The Morgan fingerprint density at radius 3 is 2.34 bits per heavy atom. The number of hydrogen-bond donors (Lipinski definition) is 0. The summed E-state index contributed by atoms with van der Waals surface area (Å²) in [5.74, 6) is 1.03. The van der Waals surface area contributed by atoms with E-state index in [4.69, 9.17) is 10.2 Å². The van der Waals surface area contributed by atoms with Crippen LogP contribution in [0.5, 0.6) is 11.5 Å². The molecule has 4 aromatic heterocycles. The van der Waals surface area contributed by atoms with E-state index in [0.717, 1.165) is 38.5 Å². The van der Waals surface area contributed by atoms with Crippen molar-refractivity contribution in [1.82, 2.24) is 19.1 Å². The van der Waals surface area contributed by atoms with Gasteiger partial charge in [-0.2, -0.15) is 6.07 Å². The van der Waals surface area contributed by atoms with Gasteiger partial charge in [-0.15, -0.1) is 23.6 Å². The summed E-state index contributed by atoms with van der Waals surface area (Å²) in [5.41, 5.74) is 6.01. The summed E-state index contributed by atoms with van der Waals surface area (Å²) in [6.07, 6.45) is 5.39. The Balaban J connectivity index is 0.00000450. The van der Waals surface area contributed by atoms with Gasteiger partial charge in [0.2, 0.25) is 0 Å². The first kappa shape index (κ1) is 28.7. The minimum atomic E-state index is -1.53. The quantitative estimate of drug-likeness (QED) is 0.108. The van der Waals surface area contributed by atoms with Crippen molar-refractivity contribution < 1.29 is 35.9 Å². The first-order valence-corrected chi connectivity index (χ1v) is 16.5. The van der Waals surface area contributed by atoms with Crippen molar-refractivity contribution in [3.05, 3.63) is 145 Å². The summed E-state index contributed by atoms with van der Waals surface area (Å²) in [6, 6.07) is 37.8. The molecule has 0 bridgehead atoms. The van der Waals surface area contributed by atoms with Crippen LogP contribution in [0, 0.1) is 30.3 Å². The Labute approximate surface area is 312 Å². The molecule has 0 fully saturated rings. The summed E-state index contributed by atoms with van der Waals surface area (Å²) in [7, 11) is 0. The van der Waals surface area contributed by atoms with Crippen LogP contribution in [-0.2, 0) is 33.8 Å². The van der Waals surface area contributed by atoms with Gasteiger partial charge in [-0.3, -0.25) is 4.57 Å². The van der Waals surface area contributed by atoms with Crippen LogP contribution in [0.25, 0.3) is 50.0 Å². The maximum atomic E-state index is 8.72. The van der Waals surface area contributed by atoms with Gasteiger partial charge >= 0.3 is 0 Å². The maximum Gasteiger partial charge on any atom is 0.268 e. The van der Waals surface area contributed by atoms with E-state index < -0.39 is 12.7 Å². The van der Waals surface area contributed by atoms with Gasteiger partial charge in [-0.25, -0.2) is 4.98 Å². The molecular weight excluding hydrogens is 798 g/mol. The van der Waals surface area contributed by atoms with E-state index >= 15 is 0 Å². The average Bonchev–Trinajstić information content (AvgIpc) is 3.71. The van der Waals surface area contributed by atoms with Crippen molar-refractivity contribution in [3.8, 4) is 28.7 Å². The monoisotopic (exact) mass is 838 g/mol. The molecule has 8 aromatic rings. The number of fused-ring (bicyclic) bond motifs is 4. The molecule has 0 spiro atoms. The van der Waals surface area contributed by atoms with Crippen LogP contribution in [0.1, 0.15) is 44.3 Å². The van der Waals surface area contributed by atoms with Crippen LogP contribution < -0.4 is 9.30 Å². The van der Waals surface area contributed by atoms with Gasteiger partial charge in [0.15, 0.2) is 0 Å². The number of nitrogens with zero attached hydrogens (tertiary/aromatic N) is 5. The van der Waals surface area contributed by atoms with Crippen molar-refractivity contribution in [2.75, 3.05) is 0 Å². The average molecular weight is 839 g/mol. The first-order chi connectivity index (χ1) is 25.4. The largest absolute Gasteiger partial charge is 0.508 e.